The Bertz CT molecular complexity index is 166. The van der Waals surface area contributed by atoms with Gasteiger partial charge in [0.25, 0.3) is 0 Å². The lowest BCUT2D eigenvalue weighted by atomic mass is 10.3. The highest BCUT2D eigenvalue weighted by Crippen LogP contribution is 1.94. The van der Waals surface area contributed by atoms with Gasteiger partial charge in [-0.25, -0.2) is 0 Å². The minimum atomic E-state index is -1.26. The summed E-state index contributed by atoms with van der Waals surface area (Å²) in [5.41, 5.74) is 0. The molecule has 5 heteroatoms. The molecule has 0 aliphatic heterocycles. The van der Waals surface area contributed by atoms with Gasteiger partial charge in [-0.15, -0.1) is 0 Å². The second kappa shape index (κ2) is 7.54. The van der Waals surface area contributed by atoms with Crippen LogP contribution in [0.25, 0.3) is 0 Å². The first-order chi connectivity index (χ1) is 6.16. The number of aliphatic hydroxyl groups is 1. The summed E-state index contributed by atoms with van der Waals surface area (Å²) in [7, 11) is 0. The summed E-state index contributed by atoms with van der Waals surface area (Å²) in [5, 5.41) is 18.3. The van der Waals surface area contributed by atoms with Crippen LogP contribution in [-0.4, -0.2) is 30.3 Å². The van der Waals surface area contributed by atoms with Crippen molar-refractivity contribution < 1.29 is 24.5 Å². The van der Waals surface area contributed by atoms with Gasteiger partial charge in [0.15, 0.2) is 0 Å². The van der Waals surface area contributed by atoms with Crippen molar-refractivity contribution in [3.05, 3.63) is 0 Å². The van der Waals surface area contributed by atoms with Crippen LogP contribution in [0, 0.1) is 0 Å². The summed E-state index contributed by atoms with van der Waals surface area (Å²) in [6.45, 7) is 0.295. The van der Waals surface area contributed by atoms with Gasteiger partial charge < -0.3 is 19.7 Å². The summed E-state index contributed by atoms with van der Waals surface area (Å²) >= 11 is 0. The molecule has 0 saturated carbocycles. The molecule has 0 radical (unpaired) electrons. The Kier molecular flexibility index (Phi) is 6.91. The van der Waals surface area contributed by atoms with Gasteiger partial charge in [0, 0.05) is 12.6 Å². The van der Waals surface area contributed by atoms with Crippen molar-refractivity contribution in [1.82, 2.24) is 0 Å². The number of carbonyl (C=O) groups excluding carboxylic acids is 2. The third kappa shape index (κ3) is 8.81. The van der Waals surface area contributed by atoms with Crippen molar-refractivity contribution in [2.75, 3.05) is 13.2 Å². The second-order valence-corrected chi connectivity index (χ2v) is 2.52. The van der Waals surface area contributed by atoms with Gasteiger partial charge in [-0.05, 0) is 19.3 Å². The predicted octanol–water partition coefficient (Wildman–Crippen LogP) is -1.17. The van der Waals surface area contributed by atoms with Crippen LogP contribution in [0.3, 0.4) is 0 Å². The van der Waals surface area contributed by atoms with Gasteiger partial charge in [-0.2, -0.15) is 0 Å². The Hall–Kier alpha value is -1.10. The van der Waals surface area contributed by atoms with E-state index in [1.165, 1.54) is 0 Å². The highest BCUT2D eigenvalue weighted by atomic mass is 16.5. The quantitative estimate of drug-likeness (QED) is 0.403. The zero-order valence-corrected chi connectivity index (χ0v) is 7.32. The molecule has 0 unspecified atom stereocenters. The first-order valence-electron chi connectivity index (χ1n) is 4.13. The van der Waals surface area contributed by atoms with Gasteiger partial charge >= 0.3 is 5.97 Å². The minimum Gasteiger partial charge on any atom is -0.550 e. The largest absolute Gasteiger partial charge is 0.550 e. The summed E-state index contributed by atoms with van der Waals surface area (Å²) in [6.07, 6.45) is 0.710. The number of hydrogen-bond acceptors (Lipinski definition) is 5. The molecule has 1 N–H and O–H groups in total. The maximum absolute atomic E-state index is 10.7. The Morgan fingerprint density at radius 2 is 1.92 bits per heavy atom. The van der Waals surface area contributed by atoms with Crippen LogP contribution in [0.5, 0.6) is 0 Å². The van der Waals surface area contributed by atoms with Crippen LogP contribution in [0.15, 0.2) is 0 Å². The van der Waals surface area contributed by atoms with Crippen LogP contribution >= 0.6 is 0 Å². The van der Waals surface area contributed by atoms with Crippen LogP contribution in [0.4, 0.5) is 0 Å². The maximum atomic E-state index is 10.7. The molecule has 0 aromatic rings. The lowest BCUT2D eigenvalue weighted by molar-refractivity contribution is -0.305. The smallest absolute Gasteiger partial charge is 0.306 e. The number of ether oxygens (including phenoxy) is 1. The SMILES string of the molecule is O=C([O-])CCC(=O)OCCCCO. The summed E-state index contributed by atoms with van der Waals surface area (Å²) < 4.78 is 4.65. The molecule has 0 bridgehead atoms. The molecule has 5 nitrogen and oxygen atoms in total. The molecule has 0 aromatic carbocycles. The molecule has 0 atom stereocenters. The van der Waals surface area contributed by atoms with E-state index in [1.807, 2.05) is 0 Å². The summed E-state index contributed by atoms with van der Waals surface area (Å²) in [4.78, 5) is 20.7. The van der Waals surface area contributed by atoms with Crippen LogP contribution in [0.2, 0.25) is 0 Å². The van der Waals surface area contributed by atoms with Crippen LogP contribution in [-0.2, 0) is 14.3 Å². The zero-order chi connectivity index (χ0) is 10.1. The van der Waals surface area contributed by atoms with E-state index < -0.39 is 11.9 Å². The highest BCUT2D eigenvalue weighted by Gasteiger charge is 2.01. The normalized spacial score (nSPS) is 9.62. The molecule has 0 aliphatic carbocycles. The molecule has 0 aliphatic rings. The molecule has 0 aromatic heterocycles. The van der Waals surface area contributed by atoms with Gasteiger partial charge in [-0.1, -0.05) is 0 Å². The molecular formula is C8H13O5-. The highest BCUT2D eigenvalue weighted by molar-refractivity contribution is 5.75. The Morgan fingerprint density at radius 1 is 1.23 bits per heavy atom. The van der Waals surface area contributed by atoms with Crippen molar-refractivity contribution >= 4 is 11.9 Å². The number of unbranched alkanes of at least 4 members (excludes halogenated alkanes) is 1. The summed E-state index contributed by atoms with van der Waals surface area (Å²) in [6, 6.07) is 0. The molecule has 0 heterocycles. The number of aliphatic carboxylic acids is 1. The molecule has 13 heavy (non-hydrogen) atoms. The van der Waals surface area contributed by atoms with Gasteiger partial charge in [-0.3, -0.25) is 4.79 Å². The zero-order valence-electron chi connectivity index (χ0n) is 7.32. The average molecular weight is 189 g/mol. The number of esters is 1. The Morgan fingerprint density at radius 3 is 2.46 bits per heavy atom. The molecule has 0 spiro atoms. The maximum Gasteiger partial charge on any atom is 0.306 e. The monoisotopic (exact) mass is 189 g/mol. The minimum absolute atomic E-state index is 0.0661. The second-order valence-electron chi connectivity index (χ2n) is 2.52. The van der Waals surface area contributed by atoms with Crippen LogP contribution in [0.1, 0.15) is 25.7 Å². The van der Waals surface area contributed by atoms with Crippen molar-refractivity contribution in [3.63, 3.8) is 0 Å². The molecular weight excluding hydrogens is 176 g/mol. The van der Waals surface area contributed by atoms with Gasteiger partial charge in [0.1, 0.15) is 0 Å². The Balaban J connectivity index is 3.25. The average Bonchev–Trinajstić information content (AvgIpc) is 2.09. The van der Waals surface area contributed by atoms with E-state index in [9.17, 15) is 14.7 Å². The van der Waals surface area contributed by atoms with Crippen LogP contribution < -0.4 is 5.11 Å². The van der Waals surface area contributed by atoms with E-state index in [0.717, 1.165) is 0 Å². The molecule has 76 valence electrons. The van der Waals surface area contributed by atoms with Gasteiger partial charge in [0.05, 0.1) is 13.0 Å². The lowest BCUT2D eigenvalue weighted by Crippen LogP contribution is -2.23. The number of rotatable bonds is 7. The third-order valence-electron chi connectivity index (χ3n) is 1.35. The number of hydrogen-bond donors (Lipinski definition) is 1. The fourth-order valence-electron chi connectivity index (χ4n) is 0.676. The Labute approximate surface area is 76.3 Å². The van der Waals surface area contributed by atoms with E-state index in [4.69, 9.17) is 5.11 Å². The van der Waals surface area contributed by atoms with Gasteiger partial charge in [0.2, 0.25) is 0 Å². The van der Waals surface area contributed by atoms with E-state index >= 15 is 0 Å². The van der Waals surface area contributed by atoms with E-state index in [2.05, 4.69) is 4.74 Å². The topological polar surface area (TPSA) is 86.7 Å². The first kappa shape index (κ1) is 11.9. The van der Waals surface area contributed by atoms with E-state index in [-0.39, 0.29) is 26.1 Å². The fourth-order valence-corrected chi connectivity index (χ4v) is 0.676. The van der Waals surface area contributed by atoms with Crippen molar-refractivity contribution in [3.8, 4) is 0 Å². The first-order valence-corrected chi connectivity index (χ1v) is 4.13. The number of aliphatic hydroxyl groups excluding tert-OH is 1. The van der Waals surface area contributed by atoms with E-state index in [0.29, 0.717) is 12.8 Å². The standard InChI is InChI=1S/C8H14O5/c9-5-1-2-6-13-8(12)4-3-7(10)11/h9H,1-6H2,(H,10,11)/p-1. The number of carbonyl (C=O) groups is 2. The molecule has 0 amide bonds. The summed E-state index contributed by atoms with van der Waals surface area (Å²) in [5.74, 6) is -1.80. The molecule has 0 fully saturated rings. The number of carboxylic acids is 1. The lowest BCUT2D eigenvalue weighted by Gasteiger charge is -2.04. The fraction of sp³-hybridized carbons (Fsp3) is 0.750. The van der Waals surface area contributed by atoms with Crippen molar-refractivity contribution in [1.29, 1.82) is 0 Å². The molecule has 0 rings (SSSR count). The van der Waals surface area contributed by atoms with E-state index in [1.54, 1.807) is 0 Å². The predicted molar refractivity (Wildman–Crippen MR) is 41.5 cm³/mol. The third-order valence-corrected chi connectivity index (χ3v) is 1.35. The van der Waals surface area contributed by atoms with Crippen molar-refractivity contribution in [2.45, 2.75) is 25.7 Å². The van der Waals surface area contributed by atoms with Crippen molar-refractivity contribution in [2.24, 2.45) is 0 Å². The number of carboxylic acid groups (broad SMARTS) is 1. The molecule has 0 saturated heterocycles.